The van der Waals surface area contributed by atoms with Gasteiger partial charge in [0.05, 0.1) is 11.1 Å². The van der Waals surface area contributed by atoms with E-state index in [1.165, 1.54) is 0 Å². The molecule has 0 bridgehead atoms. The van der Waals surface area contributed by atoms with Gasteiger partial charge in [0.2, 0.25) is 0 Å². The van der Waals surface area contributed by atoms with E-state index in [-0.39, 0.29) is 11.5 Å². The summed E-state index contributed by atoms with van der Waals surface area (Å²) in [6.45, 7) is 0. The molecule has 0 aliphatic carbocycles. The highest BCUT2D eigenvalue weighted by molar-refractivity contribution is 5.52. The van der Waals surface area contributed by atoms with Gasteiger partial charge in [-0.25, -0.2) is 0 Å². The summed E-state index contributed by atoms with van der Waals surface area (Å²) in [6.07, 6.45) is 0. The zero-order chi connectivity index (χ0) is 22.5. The quantitative estimate of drug-likeness (QED) is 0.327. The Morgan fingerprint density at radius 1 is 0.562 bits per heavy atom. The Bertz CT molecular complexity index is 1270. The fourth-order valence-electron chi connectivity index (χ4n) is 3.60. The van der Waals surface area contributed by atoms with E-state index >= 15 is 0 Å². The topological polar surface area (TPSA) is 109 Å². The van der Waals surface area contributed by atoms with Crippen LogP contribution in [0.15, 0.2) is 91.0 Å². The second-order valence-corrected chi connectivity index (χ2v) is 7.37. The third kappa shape index (κ3) is 4.38. The maximum atomic E-state index is 9.22. The highest BCUT2D eigenvalue weighted by Crippen LogP contribution is 2.34. The largest absolute Gasteiger partial charge is 0.457 e. The molecule has 5 heteroatoms. The number of hydrogen-bond acceptors (Lipinski definition) is 5. The molecule has 0 spiro atoms. The Morgan fingerprint density at radius 2 is 1.00 bits per heavy atom. The molecule has 154 valence electrons. The average molecular weight is 416 g/mol. The van der Waals surface area contributed by atoms with Crippen molar-refractivity contribution in [2.45, 2.75) is 5.92 Å². The molecular formula is C27H20N4O. The van der Waals surface area contributed by atoms with Gasteiger partial charge >= 0.3 is 0 Å². The van der Waals surface area contributed by atoms with Crippen LogP contribution in [-0.4, -0.2) is 0 Å². The molecule has 0 atom stereocenters. The number of nitrogens with zero attached hydrogens (tertiary/aromatic N) is 2. The van der Waals surface area contributed by atoms with Gasteiger partial charge in [-0.3, -0.25) is 0 Å². The summed E-state index contributed by atoms with van der Waals surface area (Å²) in [5, 5.41) is 18.3. The van der Waals surface area contributed by atoms with Gasteiger partial charge in [0.1, 0.15) is 23.6 Å². The maximum Gasteiger partial charge on any atom is 0.128 e. The van der Waals surface area contributed by atoms with Gasteiger partial charge in [0, 0.05) is 17.3 Å². The normalized spacial score (nSPS) is 10.3. The fourth-order valence-corrected chi connectivity index (χ4v) is 3.60. The van der Waals surface area contributed by atoms with Gasteiger partial charge in [-0.15, -0.1) is 0 Å². The van der Waals surface area contributed by atoms with Crippen molar-refractivity contribution in [3.05, 3.63) is 119 Å². The standard InChI is InChI=1S/C27H20N4O/c28-16-21-7-14-26(15-22(21)17-29)32-25-12-5-20(6-13-25)27(18-1-8-23(30)9-2-18)19-3-10-24(31)11-4-19/h1-15,27H,30-31H2. The summed E-state index contributed by atoms with van der Waals surface area (Å²) in [7, 11) is 0. The van der Waals surface area contributed by atoms with Crippen molar-refractivity contribution in [3.8, 4) is 23.6 Å². The molecule has 5 nitrogen and oxygen atoms in total. The molecule has 0 saturated heterocycles. The third-order valence-electron chi connectivity index (χ3n) is 5.22. The second kappa shape index (κ2) is 8.95. The molecular weight excluding hydrogens is 396 g/mol. The first-order valence-corrected chi connectivity index (χ1v) is 10.0. The van der Waals surface area contributed by atoms with Crippen LogP contribution in [0.5, 0.6) is 11.5 Å². The summed E-state index contributed by atoms with van der Waals surface area (Å²) < 4.78 is 5.90. The van der Waals surface area contributed by atoms with Crippen LogP contribution in [0.25, 0.3) is 0 Å². The van der Waals surface area contributed by atoms with E-state index in [1.54, 1.807) is 18.2 Å². The molecule has 0 unspecified atom stereocenters. The van der Waals surface area contributed by atoms with E-state index in [4.69, 9.17) is 21.5 Å². The Balaban J connectivity index is 1.65. The zero-order valence-electron chi connectivity index (χ0n) is 17.2. The summed E-state index contributed by atoms with van der Waals surface area (Å²) in [6, 6.07) is 32.4. The minimum Gasteiger partial charge on any atom is -0.457 e. The first-order chi connectivity index (χ1) is 15.6. The lowest BCUT2D eigenvalue weighted by Gasteiger charge is -2.20. The van der Waals surface area contributed by atoms with E-state index in [0.29, 0.717) is 28.4 Å². The Labute approximate surface area is 186 Å². The van der Waals surface area contributed by atoms with Crippen LogP contribution in [0.4, 0.5) is 11.4 Å². The second-order valence-electron chi connectivity index (χ2n) is 7.37. The van der Waals surface area contributed by atoms with E-state index in [9.17, 15) is 5.26 Å². The van der Waals surface area contributed by atoms with Crippen LogP contribution < -0.4 is 16.2 Å². The van der Waals surface area contributed by atoms with E-state index < -0.39 is 0 Å². The molecule has 0 aliphatic heterocycles. The molecule has 4 N–H and O–H groups in total. The van der Waals surface area contributed by atoms with Crippen molar-refractivity contribution >= 4 is 11.4 Å². The molecule has 0 radical (unpaired) electrons. The molecule has 0 saturated carbocycles. The number of nitrogen functional groups attached to an aromatic ring is 2. The predicted octanol–water partition coefficient (Wildman–Crippen LogP) is 5.57. The van der Waals surface area contributed by atoms with Crippen LogP contribution >= 0.6 is 0 Å². The first-order valence-electron chi connectivity index (χ1n) is 10.0. The fraction of sp³-hybridized carbons (Fsp3) is 0.0370. The zero-order valence-corrected chi connectivity index (χ0v) is 17.2. The number of benzene rings is 4. The van der Waals surface area contributed by atoms with Crippen LogP contribution in [0, 0.1) is 22.7 Å². The van der Waals surface area contributed by atoms with Crippen molar-refractivity contribution in [1.29, 1.82) is 10.5 Å². The van der Waals surface area contributed by atoms with Crippen molar-refractivity contribution in [2.24, 2.45) is 0 Å². The average Bonchev–Trinajstić information content (AvgIpc) is 2.82. The monoisotopic (exact) mass is 416 g/mol. The third-order valence-corrected chi connectivity index (χ3v) is 5.22. The van der Waals surface area contributed by atoms with Crippen LogP contribution in [0.2, 0.25) is 0 Å². The lowest BCUT2D eigenvalue weighted by molar-refractivity contribution is 0.482. The Hall–Kier alpha value is -4.74. The molecule has 4 aromatic carbocycles. The number of nitrogens with two attached hydrogens (primary N) is 2. The van der Waals surface area contributed by atoms with Crippen LogP contribution in [-0.2, 0) is 0 Å². The first kappa shape index (κ1) is 20.5. The van der Waals surface area contributed by atoms with Crippen LogP contribution in [0.1, 0.15) is 33.7 Å². The number of anilines is 2. The van der Waals surface area contributed by atoms with Crippen molar-refractivity contribution < 1.29 is 4.74 Å². The van der Waals surface area contributed by atoms with E-state index in [0.717, 1.165) is 16.7 Å². The maximum absolute atomic E-state index is 9.22. The molecule has 32 heavy (non-hydrogen) atoms. The van der Waals surface area contributed by atoms with Gasteiger partial charge in [0.15, 0.2) is 0 Å². The van der Waals surface area contributed by atoms with Crippen molar-refractivity contribution in [3.63, 3.8) is 0 Å². The lowest BCUT2D eigenvalue weighted by Crippen LogP contribution is -2.04. The van der Waals surface area contributed by atoms with Gasteiger partial charge in [-0.1, -0.05) is 36.4 Å². The molecule has 0 aliphatic rings. The highest BCUT2D eigenvalue weighted by atomic mass is 16.5. The summed E-state index contributed by atoms with van der Waals surface area (Å²) in [4.78, 5) is 0. The minimum atomic E-state index is 0.00496. The minimum absolute atomic E-state index is 0.00496. The number of rotatable bonds is 5. The molecule has 0 amide bonds. The number of nitriles is 2. The molecule has 0 heterocycles. The highest BCUT2D eigenvalue weighted by Gasteiger charge is 2.17. The molecule has 0 aromatic heterocycles. The van der Waals surface area contributed by atoms with E-state index in [2.05, 4.69) is 0 Å². The van der Waals surface area contributed by atoms with Crippen molar-refractivity contribution in [1.82, 2.24) is 0 Å². The van der Waals surface area contributed by atoms with Crippen molar-refractivity contribution in [2.75, 3.05) is 11.5 Å². The van der Waals surface area contributed by atoms with Gasteiger partial charge < -0.3 is 16.2 Å². The van der Waals surface area contributed by atoms with Gasteiger partial charge in [-0.2, -0.15) is 10.5 Å². The number of ether oxygens (including phenoxy) is 1. The van der Waals surface area contributed by atoms with Gasteiger partial charge in [-0.05, 0) is 71.3 Å². The molecule has 4 aromatic rings. The van der Waals surface area contributed by atoms with Gasteiger partial charge in [0.25, 0.3) is 0 Å². The summed E-state index contributed by atoms with van der Waals surface area (Å²) >= 11 is 0. The SMILES string of the molecule is N#Cc1ccc(Oc2ccc(C(c3ccc(N)cc3)c3ccc(N)cc3)cc2)cc1C#N. The molecule has 0 fully saturated rings. The summed E-state index contributed by atoms with van der Waals surface area (Å²) in [5.41, 5.74) is 17.1. The molecule has 4 rings (SSSR count). The lowest BCUT2D eigenvalue weighted by atomic mass is 9.85. The Morgan fingerprint density at radius 3 is 1.47 bits per heavy atom. The predicted molar refractivity (Wildman–Crippen MR) is 125 cm³/mol. The Kier molecular flexibility index (Phi) is 5.74. The smallest absolute Gasteiger partial charge is 0.128 e. The van der Waals surface area contributed by atoms with Crippen LogP contribution in [0.3, 0.4) is 0 Å². The summed E-state index contributed by atoms with van der Waals surface area (Å²) in [5.74, 6) is 1.14. The number of hydrogen-bond donors (Lipinski definition) is 2. The van der Waals surface area contributed by atoms with E-state index in [1.807, 2.05) is 84.9 Å².